The van der Waals surface area contributed by atoms with E-state index in [-0.39, 0.29) is 24.4 Å². The molecule has 0 saturated carbocycles. The van der Waals surface area contributed by atoms with Crippen molar-refractivity contribution in [2.45, 2.75) is 32.2 Å². The fourth-order valence-corrected chi connectivity index (χ4v) is 4.37. The van der Waals surface area contributed by atoms with Gasteiger partial charge in [-0.25, -0.2) is 13.2 Å². The van der Waals surface area contributed by atoms with E-state index >= 15 is 0 Å². The standard InChI is InChI=1S/C19H28N4O4S/c1-28(26,27)21-17-9-3-2-7-15(17)13-20-18(24)16-8-6-12-23(14-16)19(25)22-10-4-5-11-22/h2-3,7,9,16,21H,4-6,8,10-14H2,1H3,(H,20,24)/t16-/m1/s1. The van der Waals surface area contributed by atoms with Gasteiger partial charge >= 0.3 is 6.03 Å². The Labute approximate surface area is 166 Å². The lowest BCUT2D eigenvalue weighted by molar-refractivity contribution is -0.126. The summed E-state index contributed by atoms with van der Waals surface area (Å²) in [5.41, 5.74) is 1.15. The molecule has 0 unspecified atom stereocenters. The number of para-hydroxylation sites is 1. The number of hydrogen-bond acceptors (Lipinski definition) is 4. The third-order valence-electron chi connectivity index (χ3n) is 5.21. The molecule has 2 N–H and O–H groups in total. The van der Waals surface area contributed by atoms with Crippen LogP contribution in [0, 0.1) is 5.92 Å². The Balaban J connectivity index is 1.57. The van der Waals surface area contributed by atoms with Crippen molar-refractivity contribution in [1.82, 2.24) is 15.1 Å². The molecule has 0 aromatic heterocycles. The Hall–Kier alpha value is -2.29. The molecule has 8 nitrogen and oxygen atoms in total. The van der Waals surface area contributed by atoms with Crippen LogP contribution in [-0.4, -0.2) is 62.6 Å². The van der Waals surface area contributed by atoms with Crippen molar-refractivity contribution in [3.63, 3.8) is 0 Å². The lowest BCUT2D eigenvalue weighted by atomic mass is 9.97. The van der Waals surface area contributed by atoms with Crippen LogP contribution in [0.2, 0.25) is 0 Å². The number of urea groups is 1. The van der Waals surface area contributed by atoms with Gasteiger partial charge in [0, 0.05) is 32.7 Å². The number of likely N-dealkylation sites (tertiary alicyclic amines) is 2. The zero-order valence-corrected chi connectivity index (χ0v) is 17.0. The minimum Gasteiger partial charge on any atom is -0.352 e. The molecule has 2 fully saturated rings. The van der Waals surface area contributed by atoms with Gasteiger partial charge in [0.15, 0.2) is 0 Å². The third-order valence-corrected chi connectivity index (χ3v) is 5.80. The first kappa shape index (κ1) is 20.4. The largest absolute Gasteiger partial charge is 0.352 e. The Morgan fingerprint density at radius 3 is 2.46 bits per heavy atom. The number of anilines is 1. The number of nitrogens with one attached hydrogen (secondary N) is 2. The normalized spacial score (nSPS) is 20.1. The molecule has 1 atom stereocenters. The Bertz CT molecular complexity index is 821. The van der Waals surface area contributed by atoms with E-state index in [1.54, 1.807) is 29.2 Å². The molecule has 0 aliphatic carbocycles. The highest BCUT2D eigenvalue weighted by Gasteiger charge is 2.31. The van der Waals surface area contributed by atoms with Crippen molar-refractivity contribution in [2.75, 3.05) is 37.2 Å². The molecule has 3 rings (SSSR count). The molecule has 9 heteroatoms. The summed E-state index contributed by atoms with van der Waals surface area (Å²) in [6, 6.07) is 7.02. The summed E-state index contributed by atoms with van der Waals surface area (Å²) in [5.74, 6) is -0.344. The molecule has 2 heterocycles. The second kappa shape index (κ2) is 8.81. The number of benzene rings is 1. The SMILES string of the molecule is CS(=O)(=O)Nc1ccccc1CNC(=O)[C@@H]1CCCN(C(=O)N2CCCC2)C1. The van der Waals surface area contributed by atoms with Crippen molar-refractivity contribution >= 4 is 27.6 Å². The second-order valence-corrected chi connectivity index (χ2v) is 9.26. The van der Waals surface area contributed by atoms with Gasteiger partial charge in [-0.2, -0.15) is 0 Å². The third kappa shape index (κ3) is 5.37. The maximum Gasteiger partial charge on any atom is 0.320 e. The Morgan fingerprint density at radius 2 is 1.75 bits per heavy atom. The molecule has 2 saturated heterocycles. The molecular weight excluding hydrogens is 380 g/mol. The molecule has 1 aromatic carbocycles. The van der Waals surface area contributed by atoms with Crippen molar-refractivity contribution in [1.29, 1.82) is 0 Å². The van der Waals surface area contributed by atoms with E-state index in [2.05, 4.69) is 10.0 Å². The smallest absolute Gasteiger partial charge is 0.320 e. The van der Waals surface area contributed by atoms with Gasteiger partial charge in [0.1, 0.15) is 0 Å². The van der Waals surface area contributed by atoms with Crippen molar-refractivity contribution in [3.8, 4) is 0 Å². The summed E-state index contributed by atoms with van der Waals surface area (Å²) in [5, 5.41) is 2.90. The summed E-state index contributed by atoms with van der Waals surface area (Å²) in [6.45, 7) is 2.96. The first-order valence-electron chi connectivity index (χ1n) is 9.71. The molecule has 2 aliphatic rings. The van der Waals surface area contributed by atoms with Crippen LogP contribution in [0.25, 0.3) is 0 Å². The highest BCUT2D eigenvalue weighted by Crippen LogP contribution is 2.21. The van der Waals surface area contributed by atoms with Gasteiger partial charge in [-0.15, -0.1) is 0 Å². The number of amides is 3. The first-order valence-corrected chi connectivity index (χ1v) is 11.6. The predicted octanol–water partition coefficient (Wildman–Crippen LogP) is 1.60. The first-order chi connectivity index (χ1) is 13.3. The van der Waals surface area contributed by atoms with Gasteiger partial charge in [0.05, 0.1) is 17.9 Å². The molecule has 0 radical (unpaired) electrons. The van der Waals surface area contributed by atoms with Crippen molar-refractivity contribution in [3.05, 3.63) is 29.8 Å². The molecule has 28 heavy (non-hydrogen) atoms. The van der Waals surface area contributed by atoms with Gasteiger partial charge < -0.3 is 15.1 Å². The minimum absolute atomic E-state index is 0.0395. The molecular formula is C19H28N4O4S. The molecule has 154 valence electrons. The van der Waals surface area contributed by atoms with Crippen molar-refractivity contribution < 1.29 is 18.0 Å². The second-order valence-electron chi connectivity index (χ2n) is 7.51. The maximum absolute atomic E-state index is 12.7. The number of sulfonamides is 1. The van der Waals surface area contributed by atoms with Crippen LogP contribution < -0.4 is 10.0 Å². The van der Waals surface area contributed by atoms with Gasteiger partial charge in [-0.05, 0) is 37.3 Å². The molecule has 2 aliphatic heterocycles. The monoisotopic (exact) mass is 408 g/mol. The van der Waals surface area contributed by atoms with Crippen LogP contribution in [-0.2, 0) is 21.4 Å². The number of nitrogens with zero attached hydrogens (tertiary/aromatic N) is 2. The van der Waals surface area contributed by atoms with Gasteiger partial charge in [0.25, 0.3) is 0 Å². The van der Waals surface area contributed by atoms with Crippen LogP contribution in [0.3, 0.4) is 0 Å². The minimum atomic E-state index is -3.40. The number of carbonyl (C=O) groups excluding carboxylic acids is 2. The average Bonchev–Trinajstić information content (AvgIpc) is 3.20. The highest BCUT2D eigenvalue weighted by atomic mass is 32.2. The topological polar surface area (TPSA) is 98.8 Å². The lowest BCUT2D eigenvalue weighted by Gasteiger charge is -2.34. The van der Waals surface area contributed by atoms with Crippen LogP contribution in [0.1, 0.15) is 31.2 Å². The fraction of sp³-hybridized carbons (Fsp3) is 0.579. The average molecular weight is 409 g/mol. The van der Waals surface area contributed by atoms with E-state index in [1.165, 1.54) is 0 Å². The van der Waals surface area contributed by atoms with Crippen molar-refractivity contribution in [2.24, 2.45) is 5.92 Å². The molecule has 3 amide bonds. The lowest BCUT2D eigenvalue weighted by Crippen LogP contribution is -2.49. The summed E-state index contributed by atoms with van der Waals surface area (Å²) in [6.07, 6.45) is 4.74. The van der Waals surface area contributed by atoms with Crippen LogP contribution in [0.4, 0.5) is 10.5 Å². The van der Waals surface area contributed by atoms with E-state index in [1.807, 2.05) is 4.90 Å². The van der Waals surface area contributed by atoms with E-state index < -0.39 is 10.0 Å². The van der Waals surface area contributed by atoms with Crippen LogP contribution in [0.5, 0.6) is 0 Å². The number of piperidine rings is 1. The molecule has 0 bridgehead atoms. The maximum atomic E-state index is 12.7. The zero-order valence-electron chi connectivity index (χ0n) is 16.2. The summed E-state index contributed by atoms with van der Waals surface area (Å²) in [7, 11) is -3.40. The van der Waals surface area contributed by atoms with E-state index in [0.29, 0.717) is 24.3 Å². The highest BCUT2D eigenvalue weighted by molar-refractivity contribution is 7.92. The number of carbonyl (C=O) groups is 2. The number of rotatable bonds is 5. The van der Waals surface area contributed by atoms with Crippen LogP contribution >= 0.6 is 0 Å². The summed E-state index contributed by atoms with van der Waals surface area (Å²) < 4.78 is 25.5. The van der Waals surface area contributed by atoms with E-state index in [9.17, 15) is 18.0 Å². The summed E-state index contributed by atoms with van der Waals surface area (Å²) in [4.78, 5) is 28.9. The van der Waals surface area contributed by atoms with Gasteiger partial charge in [-0.3, -0.25) is 9.52 Å². The Kier molecular flexibility index (Phi) is 6.43. The fourth-order valence-electron chi connectivity index (χ4n) is 3.77. The van der Waals surface area contributed by atoms with Gasteiger partial charge in [0.2, 0.25) is 15.9 Å². The van der Waals surface area contributed by atoms with E-state index in [4.69, 9.17) is 0 Å². The molecule has 1 aromatic rings. The quantitative estimate of drug-likeness (QED) is 0.773. The number of hydrogen-bond donors (Lipinski definition) is 2. The van der Waals surface area contributed by atoms with Gasteiger partial charge in [-0.1, -0.05) is 18.2 Å². The molecule has 0 spiro atoms. The predicted molar refractivity (Wildman–Crippen MR) is 107 cm³/mol. The Morgan fingerprint density at radius 1 is 1.07 bits per heavy atom. The summed E-state index contributed by atoms with van der Waals surface area (Å²) >= 11 is 0. The van der Waals surface area contributed by atoms with Crippen LogP contribution in [0.15, 0.2) is 24.3 Å². The van der Waals surface area contributed by atoms with E-state index in [0.717, 1.165) is 45.0 Å². The zero-order chi connectivity index (χ0) is 20.1.